The minimum atomic E-state index is -0.970. The summed E-state index contributed by atoms with van der Waals surface area (Å²) in [5.41, 5.74) is 12.7. The van der Waals surface area contributed by atoms with E-state index in [0.717, 1.165) is 215 Å². The van der Waals surface area contributed by atoms with Gasteiger partial charge in [0.25, 0.3) is 0 Å². The highest BCUT2D eigenvalue weighted by molar-refractivity contribution is 7.22. The molecule has 6 N–H and O–H groups in total. The summed E-state index contributed by atoms with van der Waals surface area (Å²) in [6, 6.07) is 65.8. The number of likely N-dealkylation sites (N-methyl/N-ethyl adjacent to an activating group) is 2. The highest BCUT2D eigenvalue weighted by Crippen LogP contribution is 2.44. The number of amides is 1. The molecule has 2 atom stereocenters. The van der Waals surface area contributed by atoms with Crippen LogP contribution in [0, 0.1) is 0 Å². The number of aromatic nitrogens is 4. The molecule has 0 spiro atoms. The number of carboxylic acid groups (broad SMARTS) is 4. The Balaban J connectivity index is 0.000000177. The van der Waals surface area contributed by atoms with Crippen molar-refractivity contribution in [2.45, 2.75) is 165 Å². The molecule has 0 aromatic heterocycles. The zero-order valence-electron chi connectivity index (χ0n) is 87.3. The van der Waals surface area contributed by atoms with Crippen LogP contribution >= 0.6 is 68.5 Å². The van der Waals surface area contributed by atoms with E-state index in [-0.39, 0.29) is 62.3 Å². The number of hydrogen-bond acceptors (Lipinski definition) is 23. The SMILES string of the molecule is CN(CCCCC(=O)N(C)C1(c2ccccc2Cl)CCCCC1=O)c1ccc2nc3ccc(=[N+](C)C)cc-3sc2c1.CN(CCCCC(=O)O)c1ccc2nc3ccc(=[N+](C)C)cc-3sc2c1.CN(CCCCC(=O)O)c1ccc2nc3ccc(=[N+](C)C)cc-3sc2c1.CN(CCCCC(=O)OCCCC(=O)O)c1ccc2nc3ccc(=[N+](C)C)cc-3sc2c1.CNC1(c2ccccc2Cl)CCCCC1=O.O=C(O)CCCO. The zero-order chi connectivity index (χ0) is 107. The number of halogens is 2. The van der Waals surface area contributed by atoms with E-state index in [1.165, 1.54) is 20.5 Å². The molecule has 28 nitrogen and oxygen atoms in total. The Hall–Kier alpha value is -12.7. The maximum Gasteiger partial charge on any atom is 0.305 e. The second-order valence-corrected chi connectivity index (χ2v) is 43.2. The monoisotopic (exact) mass is 2130 g/mol. The predicted octanol–water partition coefficient (Wildman–Crippen LogP) is 18.6. The van der Waals surface area contributed by atoms with Crippen molar-refractivity contribution in [1.82, 2.24) is 48.5 Å². The van der Waals surface area contributed by atoms with E-state index in [2.05, 4.69) is 203 Å². The van der Waals surface area contributed by atoms with Crippen molar-refractivity contribution in [1.29, 1.82) is 0 Å². The molecule has 2 unspecified atom stereocenters. The van der Waals surface area contributed by atoms with Crippen molar-refractivity contribution < 1.29 is 68.6 Å². The van der Waals surface area contributed by atoms with Gasteiger partial charge in [0, 0.05) is 206 Å². The highest BCUT2D eigenvalue weighted by Gasteiger charge is 2.48. The molecule has 0 saturated heterocycles. The summed E-state index contributed by atoms with van der Waals surface area (Å²) in [7, 11) is 28.2. The summed E-state index contributed by atoms with van der Waals surface area (Å²) in [5.74, 6) is -3.11. The summed E-state index contributed by atoms with van der Waals surface area (Å²) < 4.78 is 18.1. The minimum Gasteiger partial charge on any atom is -0.481 e. The fraction of sp³-hybridized carbons (Fsp3) is 0.404. The summed E-state index contributed by atoms with van der Waals surface area (Å²) in [6.45, 7) is 3.47. The van der Waals surface area contributed by atoms with Gasteiger partial charge in [-0.15, -0.1) is 45.3 Å². The van der Waals surface area contributed by atoms with E-state index in [9.17, 15) is 38.4 Å². The third-order valence-corrected chi connectivity index (χ3v) is 31.5. The van der Waals surface area contributed by atoms with E-state index in [0.29, 0.717) is 67.8 Å². The number of fused-ring (bicyclic) bond motifs is 8. The van der Waals surface area contributed by atoms with E-state index in [1.54, 1.807) is 57.3 Å². The number of anilines is 4. The molecule has 148 heavy (non-hydrogen) atoms. The Morgan fingerprint density at radius 3 is 1.01 bits per heavy atom. The Bertz CT molecular complexity index is 7000. The quantitative estimate of drug-likeness (QED) is 0.00930. The number of carbonyl (C=O) groups is 8. The topological polar surface area (TPSA) is 339 Å². The summed E-state index contributed by atoms with van der Waals surface area (Å²) in [4.78, 5) is 126. The number of carbonyl (C=O) groups excluding carboxylic acids is 4. The smallest absolute Gasteiger partial charge is 0.305 e. The maximum absolute atomic E-state index is 13.4. The molecule has 784 valence electrons. The molecule has 4 aliphatic heterocycles. The zero-order valence-corrected chi connectivity index (χ0v) is 92.1. The van der Waals surface area contributed by atoms with Crippen molar-refractivity contribution in [3.05, 3.63) is 237 Å². The number of rotatable bonds is 35. The molecule has 6 aromatic carbocycles. The van der Waals surface area contributed by atoms with Gasteiger partial charge in [-0.25, -0.2) is 38.2 Å². The molecule has 6 aliphatic carbocycles. The number of aliphatic carboxylic acids is 4. The molecule has 1 amide bonds. The molecule has 0 bridgehead atoms. The first-order valence-corrected chi connectivity index (χ1v) is 54.3. The molecule has 10 aliphatic rings. The number of Topliss-reactive ketones (excluding diaryl/α,β-unsaturated/α-hetero) is 2. The van der Waals surface area contributed by atoms with Gasteiger partial charge >= 0.3 is 29.8 Å². The van der Waals surface area contributed by atoms with Gasteiger partial charge in [-0.2, -0.15) is 0 Å². The van der Waals surface area contributed by atoms with Gasteiger partial charge in [0.15, 0.2) is 11.6 Å². The average molecular weight is 2130 g/mol. The number of carboxylic acids is 4. The number of esters is 1. The van der Waals surface area contributed by atoms with Gasteiger partial charge in [-0.3, -0.25) is 38.4 Å². The fourth-order valence-electron chi connectivity index (χ4n) is 17.7. The number of aliphatic hydroxyl groups is 1. The van der Waals surface area contributed by atoms with Crippen LogP contribution in [0.2, 0.25) is 10.0 Å². The molecule has 2 saturated carbocycles. The van der Waals surface area contributed by atoms with Crippen LogP contribution < -0.4 is 64.6 Å². The summed E-state index contributed by atoms with van der Waals surface area (Å²) in [6.07, 6.45) is 14.8. The third-order valence-electron chi connectivity index (χ3n) is 26.5. The van der Waals surface area contributed by atoms with E-state index < -0.39 is 35.0 Å². The van der Waals surface area contributed by atoms with Crippen LogP contribution in [0.5, 0.6) is 0 Å². The van der Waals surface area contributed by atoms with E-state index >= 15 is 0 Å². The van der Waals surface area contributed by atoms with Crippen molar-refractivity contribution in [2.24, 2.45) is 0 Å². The number of aliphatic hydroxyl groups excluding tert-OH is 1. The second-order valence-electron chi connectivity index (χ2n) is 38.1. The lowest BCUT2D eigenvalue weighted by Gasteiger charge is -2.44. The largest absolute Gasteiger partial charge is 0.481 e. The number of ketones is 2. The second kappa shape index (κ2) is 56.1. The molecule has 4 heterocycles. The first-order valence-electron chi connectivity index (χ1n) is 50.3. The molecule has 16 rings (SSSR count). The van der Waals surface area contributed by atoms with E-state index in [1.807, 2.05) is 126 Å². The molecule has 34 heteroatoms. The Morgan fingerprint density at radius 1 is 0.378 bits per heavy atom. The van der Waals surface area contributed by atoms with Crippen molar-refractivity contribution in [3.63, 3.8) is 0 Å². The van der Waals surface area contributed by atoms with Crippen molar-refractivity contribution in [2.75, 3.05) is 158 Å². The van der Waals surface area contributed by atoms with Crippen molar-refractivity contribution in [3.8, 4) is 42.3 Å². The lowest BCUT2D eigenvalue weighted by atomic mass is 9.74. The Kier molecular flexibility index (Phi) is 43.8. The van der Waals surface area contributed by atoms with Crippen LogP contribution in [0.3, 0.4) is 0 Å². The van der Waals surface area contributed by atoms with Crippen LogP contribution in [0.4, 0.5) is 22.7 Å². The lowest BCUT2D eigenvalue weighted by Crippen LogP contribution is -2.54. The molecule has 6 aromatic rings. The number of ether oxygens (including phenoxy) is 1. The highest BCUT2D eigenvalue weighted by atomic mass is 35.5. The standard InChI is InChI=1S/C33H38ClN4O2S.C24H29N3O4S.2C20H23N3O2S.C13H16ClNO.C4H8O3/c1-36(2)23-15-17-27-29(21-23)41-30-22-24(16-18-28(30)35-27)37(3)20-10-8-14-32(40)38(4)33(19-9-7-13-31(33)39)25-11-5-6-12-26(25)34;1-26(2)17-9-11-19-21(15-17)32-22-16-18(10-12-20(22)25-19)27(3)13-5-4-8-24(30)31-14-6-7-23(28)29;2*1-22(2)14-7-9-16-18(12-14)26-19-13-15(8-10-17(19)21-16)23(3)11-5-4-6-20(24)25;1-15-13(9-5-4-8-12(13)16)10-6-2-3-7-11(10)14;5-3-1-2-4(6)7/h5-6,11-12,15-18,21-22H,7-10,13-14,19-20H2,1-4H3;9-12,15-16H,4-8,13-14H2,1-3H3;2*7-10,12-13H,4-6,11H2,1-3H3;2-3,6-7,15H,4-5,8-9H2,1H3;5H,1-3H2,(H,6,7)/q+1;;;;;/p+3. The molecular weight excluding hydrogens is 1990 g/mol. The lowest BCUT2D eigenvalue weighted by molar-refractivity contribution is -0.148. The number of nitrogens with one attached hydrogen (secondary N) is 1. The Morgan fingerprint density at radius 2 is 0.696 bits per heavy atom. The first kappa shape index (κ1) is 116. The van der Waals surface area contributed by atoms with Crippen LogP contribution in [-0.2, 0) is 54.2 Å². The number of hydrogen-bond donors (Lipinski definition) is 6. The molecular formula is C114H140Cl2N14O14S4+4. The fourth-order valence-corrected chi connectivity index (χ4v) is 22.4. The first-order chi connectivity index (χ1) is 70.9. The van der Waals surface area contributed by atoms with Gasteiger partial charge in [-0.05, 0) is 218 Å². The normalized spacial score (nSPS) is 14.2. The number of unbranched alkanes of at least 4 members (excludes halogenated alkanes) is 4. The van der Waals surface area contributed by atoms with E-state index in [4.69, 9.17) is 73.4 Å². The molecule has 2 fully saturated rings. The van der Waals surface area contributed by atoms with Crippen LogP contribution in [0.15, 0.2) is 194 Å². The van der Waals surface area contributed by atoms with Crippen LogP contribution in [-0.4, -0.2) is 236 Å². The van der Waals surface area contributed by atoms with Gasteiger partial charge in [-0.1, -0.05) is 66.0 Å². The number of benzene rings is 10. The maximum atomic E-state index is 13.4. The third kappa shape index (κ3) is 32.2. The van der Waals surface area contributed by atoms with Gasteiger partial charge < -0.3 is 60.1 Å². The van der Waals surface area contributed by atoms with Crippen LogP contribution in [0.1, 0.15) is 165 Å². The Labute approximate surface area is 892 Å². The van der Waals surface area contributed by atoms with Gasteiger partial charge in [0.05, 0.1) is 89.8 Å². The summed E-state index contributed by atoms with van der Waals surface area (Å²) in [5, 5.41) is 51.1. The van der Waals surface area contributed by atoms with Gasteiger partial charge in [0.2, 0.25) is 27.3 Å². The minimum absolute atomic E-state index is 0.00891. The predicted molar refractivity (Wildman–Crippen MR) is 604 cm³/mol. The van der Waals surface area contributed by atoms with Crippen LogP contribution in [0.25, 0.3) is 83.2 Å². The summed E-state index contributed by atoms with van der Waals surface area (Å²) >= 11 is 19.8. The number of nitrogens with zero attached hydrogens (tertiary/aromatic N) is 13. The van der Waals surface area contributed by atoms with Crippen molar-refractivity contribution >= 4 is 179 Å². The average Bonchev–Trinajstić information content (AvgIpc) is 0.748. The van der Waals surface area contributed by atoms with Gasteiger partial charge in [0.1, 0.15) is 67.5 Å². The molecule has 0 radical (unpaired) electrons.